The molecule has 0 radical (unpaired) electrons. The highest BCUT2D eigenvalue weighted by atomic mass is 16.2. The quantitative estimate of drug-likeness (QED) is 0.795. The molecule has 1 aromatic heterocycles. The lowest BCUT2D eigenvalue weighted by molar-refractivity contribution is 0.0931. The van der Waals surface area contributed by atoms with Gasteiger partial charge in [-0.1, -0.05) is 17.7 Å². The molecule has 130 valence electrons. The Morgan fingerprint density at radius 3 is 2.64 bits per heavy atom. The Bertz CT molecular complexity index is 915. The Morgan fingerprint density at radius 2 is 1.96 bits per heavy atom. The largest absolute Gasteiger partial charge is 0.365 e. The van der Waals surface area contributed by atoms with Crippen molar-refractivity contribution in [3.63, 3.8) is 0 Å². The number of H-pyrrole nitrogens is 1. The van der Waals surface area contributed by atoms with Crippen LogP contribution in [0, 0.1) is 13.8 Å². The molecule has 1 unspecified atom stereocenters. The Hall–Kier alpha value is -2.89. The molecule has 25 heavy (non-hydrogen) atoms. The van der Waals surface area contributed by atoms with Gasteiger partial charge in [0.15, 0.2) is 0 Å². The first kappa shape index (κ1) is 17.0. The van der Waals surface area contributed by atoms with Crippen LogP contribution in [0.4, 0.5) is 0 Å². The molecule has 4 N–H and O–H groups in total. The number of fused-ring (bicyclic) bond motifs is 1. The molecular formula is C19H21N3O3. The molecule has 1 aliphatic carbocycles. The topological polar surface area (TPSA) is 105 Å². The first-order chi connectivity index (χ1) is 11.9. The van der Waals surface area contributed by atoms with E-state index >= 15 is 0 Å². The molecule has 6 nitrogen and oxygen atoms in total. The molecule has 0 bridgehead atoms. The minimum atomic E-state index is -0.769. The molecule has 2 aromatic rings. The summed E-state index contributed by atoms with van der Waals surface area (Å²) in [5.41, 5.74) is 8.87. The summed E-state index contributed by atoms with van der Waals surface area (Å²) in [4.78, 5) is 38.8. The van der Waals surface area contributed by atoms with Crippen LogP contribution in [0.1, 0.15) is 62.0 Å². The second kappa shape index (κ2) is 6.55. The van der Waals surface area contributed by atoms with Crippen molar-refractivity contribution in [3.8, 4) is 0 Å². The van der Waals surface area contributed by atoms with Crippen molar-refractivity contribution in [1.82, 2.24) is 10.3 Å². The average molecular weight is 339 g/mol. The first-order valence-electron chi connectivity index (χ1n) is 8.31. The smallest absolute Gasteiger partial charge is 0.261 e. The molecule has 0 saturated heterocycles. The zero-order valence-electron chi connectivity index (χ0n) is 14.3. The number of aryl methyl sites for hydroxylation is 3. The van der Waals surface area contributed by atoms with Crippen molar-refractivity contribution >= 4 is 11.8 Å². The van der Waals surface area contributed by atoms with E-state index in [1.165, 1.54) is 6.07 Å². The summed E-state index contributed by atoms with van der Waals surface area (Å²) in [6.45, 7) is 3.88. The number of nitrogens with two attached hydrogens (primary N) is 1. The van der Waals surface area contributed by atoms with Gasteiger partial charge in [0, 0.05) is 11.3 Å². The molecule has 3 rings (SSSR count). The number of aromatic amines is 1. The third-order valence-corrected chi connectivity index (χ3v) is 4.65. The summed E-state index contributed by atoms with van der Waals surface area (Å²) in [6, 6.07) is 6.94. The SMILES string of the molecule is Cc1ccc(C(=O)NC2CCCc3[nH]c(=O)c(C(N)=O)cc32)c(C)c1. The Balaban J connectivity index is 1.93. The van der Waals surface area contributed by atoms with E-state index in [0.717, 1.165) is 35.2 Å². The van der Waals surface area contributed by atoms with Crippen molar-refractivity contribution in [2.75, 3.05) is 0 Å². The predicted molar refractivity (Wildman–Crippen MR) is 94.6 cm³/mol. The lowest BCUT2D eigenvalue weighted by atomic mass is 9.90. The molecule has 1 aliphatic rings. The van der Waals surface area contributed by atoms with Crippen LogP contribution in [0.15, 0.2) is 29.1 Å². The lowest BCUT2D eigenvalue weighted by Gasteiger charge is -2.26. The van der Waals surface area contributed by atoms with Gasteiger partial charge in [-0.25, -0.2) is 0 Å². The molecule has 1 atom stereocenters. The first-order valence-corrected chi connectivity index (χ1v) is 8.31. The second-order valence-corrected chi connectivity index (χ2v) is 6.55. The maximum Gasteiger partial charge on any atom is 0.261 e. The van der Waals surface area contributed by atoms with Crippen LogP contribution in [0.2, 0.25) is 0 Å². The van der Waals surface area contributed by atoms with E-state index in [0.29, 0.717) is 12.0 Å². The van der Waals surface area contributed by atoms with Gasteiger partial charge < -0.3 is 16.0 Å². The molecular weight excluding hydrogens is 318 g/mol. The highest BCUT2D eigenvalue weighted by Gasteiger charge is 2.25. The standard InChI is InChI=1S/C19H21N3O3/c1-10-6-7-12(11(2)8-10)18(24)21-15-4-3-5-16-13(15)9-14(17(20)23)19(25)22-16/h6-9,15H,3-5H2,1-2H3,(H2,20,23)(H,21,24)(H,22,25). The van der Waals surface area contributed by atoms with E-state index in [-0.39, 0.29) is 17.5 Å². The maximum atomic E-state index is 12.7. The lowest BCUT2D eigenvalue weighted by Crippen LogP contribution is -2.34. The molecule has 2 amide bonds. The molecule has 0 fully saturated rings. The zero-order chi connectivity index (χ0) is 18.1. The van der Waals surface area contributed by atoms with Crippen LogP contribution in [-0.2, 0) is 6.42 Å². The average Bonchev–Trinajstić information content (AvgIpc) is 2.54. The summed E-state index contributed by atoms with van der Waals surface area (Å²) in [6.07, 6.45) is 2.30. The van der Waals surface area contributed by atoms with E-state index in [2.05, 4.69) is 10.3 Å². The summed E-state index contributed by atoms with van der Waals surface area (Å²) in [5, 5.41) is 3.02. The van der Waals surface area contributed by atoms with Gasteiger partial charge in [0.2, 0.25) is 0 Å². The van der Waals surface area contributed by atoms with E-state index in [9.17, 15) is 14.4 Å². The van der Waals surface area contributed by atoms with Crippen molar-refractivity contribution in [2.45, 2.75) is 39.2 Å². The number of hydrogen-bond acceptors (Lipinski definition) is 3. The van der Waals surface area contributed by atoms with Gasteiger partial charge in [-0.2, -0.15) is 0 Å². The maximum absolute atomic E-state index is 12.7. The number of nitrogens with one attached hydrogen (secondary N) is 2. The van der Waals surface area contributed by atoms with Gasteiger partial charge in [-0.05, 0) is 56.4 Å². The summed E-state index contributed by atoms with van der Waals surface area (Å²) >= 11 is 0. The van der Waals surface area contributed by atoms with Crippen molar-refractivity contribution < 1.29 is 9.59 Å². The number of amides is 2. The van der Waals surface area contributed by atoms with Gasteiger partial charge >= 0.3 is 0 Å². The van der Waals surface area contributed by atoms with Gasteiger partial charge in [0.25, 0.3) is 17.4 Å². The molecule has 6 heteroatoms. The second-order valence-electron chi connectivity index (χ2n) is 6.55. The highest BCUT2D eigenvalue weighted by Crippen LogP contribution is 2.28. The summed E-state index contributed by atoms with van der Waals surface area (Å²) in [5.74, 6) is -0.934. The van der Waals surface area contributed by atoms with E-state index in [1.807, 2.05) is 32.0 Å². The molecule has 0 saturated carbocycles. The number of aromatic nitrogens is 1. The number of carbonyl (C=O) groups excluding carboxylic acids is 2. The Morgan fingerprint density at radius 1 is 1.20 bits per heavy atom. The fourth-order valence-electron chi connectivity index (χ4n) is 3.38. The van der Waals surface area contributed by atoms with E-state index < -0.39 is 11.5 Å². The number of carbonyl (C=O) groups is 2. The van der Waals surface area contributed by atoms with Crippen LogP contribution >= 0.6 is 0 Å². The third kappa shape index (κ3) is 3.33. The predicted octanol–water partition coefficient (Wildman–Crippen LogP) is 1.90. The normalized spacial score (nSPS) is 16.2. The van der Waals surface area contributed by atoms with Crippen molar-refractivity contribution in [3.05, 3.63) is 68.1 Å². The molecule has 1 heterocycles. The third-order valence-electron chi connectivity index (χ3n) is 4.65. The minimum absolute atomic E-state index is 0.0774. The molecule has 0 spiro atoms. The van der Waals surface area contributed by atoms with Gasteiger partial charge in [0.05, 0.1) is 6.04 Å². The minimum Gasteiger partial charge on any atom is -0.365 e. The molecule has 1 aromatic carbocycles. The number of pyridine rings is 1. The van der Waals surface area contributed by atoms with Crippen molar-refractivity contribution in [1.29, 1.82) is 0 Å². The Labute approximate surface area is 145 Å². The van der Waals surface area contributed by atoms with E-state index in [1.54, 1.807) is 0 Å². The zero-order valence-corrected chi connectivity index (χ0v) is 14.3. The van der Waals surface area contributed by atoms with Crippen LogP contribution in [0.25, 0.3) is 0 Å². The van der Waals surface area contributed by atoms with Crippen molar-refractivity contribution in [2.24, 2.45) is 5.73 Å². The fourth-order valence-corrected chi connectivity index (χ4v) is 3.38. The van der Waals surface area contributed by atoms with Gasteiger partial charge in [0.1, 0.15) is 5.56 Å². The monoisotopic (exact) mass is 339 g/mol. The summed E-state index contributed by atoms with van der Waals surface area (Å²) < 4.78 is 0. The number of rotatable bonds is 3. The number of benzene rings is 1. The summed E-state index contributed by atoms with van der Waals surface area (Å²) in [7, 11) is 0. The van der Waals surface area contributed by atoms with Crippen LogP contribution in [-0.4, -0.2) is 16.8 Å². The van der Waals surface area contributed by atoms with Crippen LogP contribution in [0.5, 0.6) is 0 Å². The van der Waals surface area contributed by atoms with Gasteiger partial charge in [-0.3, -0.25) is 14.4 Å². The van der Waals surface area contributed by atoms with Crippen LogP contribution in [0.3, 0.4) is 0 Å². The highest BCUT2D eigenvalue weighted by molar-refractivity contribution is 5.96. The number of hydrogen-bond donors (Lipinski definition) is 3. The number of primary amides is 1. The van der Waals surface area contributed by atoms with E-state index in [4.69, 9.17) is 5.73 Å². The van der Waals surface area contributed by atoms with Gasteiger partial charge in [-0.15, -0.1) is 0 Å². The fraction of sp³-hybridized carbons (Fsp3) is 0.316. The Kier molecular flexibility index (Phi) is 4.44. The molecule has 0 aliphatic heterocycles. The van der Waals surface area contributed by atoms with Crippen LogP contribution < -0.4 is 16.6 Å².